The van der Waals surface area contributed by atoms with Crippen LogP contribution in [0.2, 0.25) is 0 Å². The molecule has 1 heterocycles. The molecule has 1 N–H and O–H groups in total. The molecule has 1 saturated heterocycles. The largest absolute Gasteiger partial charge is 0.416 e. The second kappa shape index (κ2) is 6.86. The van der Waals surface area contributed by atoms with Crippen LogP contribution in [0.5, 0.6) is 0 Å². The molecule has 0 spiro atoms. The number of urea groups is 1. The third kappa shape index (κ3) is 4.34. The predicted octanol–water partition coefficient (Wildman–Crippen LogP) is 3.29. The fraction of sp³-hybridized carbons (Fsp3) is 0.467. The SMILES string of the molecule is N#CC1CCCN(C(=O)NCc2ccc(C(F)(F)F)cc2F)C1. The van der Waals surface area contributed by atoms with Gasteiger partial charge in [0.05, 0.1) is 17.6 Å². The van der Waals surface area contributed by atoms with E-state index >= 15 is 0 Å². The van der Waals surface area contributed by atoms with Gasteiger partial charge in [0.1, 0.15) is 5.82 Å². The third-order valence-corrected chi connectivity index (χ3v) is 3.70. The smallest absolute Gasteiger partial charge is 0.334 e. The molecule has 1 aliphatic heterocycles. The van der Waals surface area contributed by atoms with Crippen molar-refractivity contribution in [2.24, 2.45) is 5.92 Å². The summed E-state index contributed by atoms with van der Waals surface area (Å²) in [4.78, 5) is 13.4. The first-order chi connectivity index (χ1) is 10.8. The normalized spacial score (nSPS) is 18.4. The van der Waals surface area contributed by atoms with E-state index in [2.05, 4.69) is 11.4 Å². The number of halogens is 4. The van der Waals surface area contributed by atoms with Gasteiger partial charge in [0, 0.05) is 25.2 Å². The van der Waals surface area contributed by atoms with Crippen LogP contribution in [0.3, 0.4) is 0 Å². The molecule has 124 valence electrons. The molecule has 0 radical (unpaired) electrons. The first kappa shape index (κ1) is 17.1. The van der Waals surface area contributed by atoms with E-state index in [9.17, 15) is 22.4 Å². The molecule has 8 heteroatoms. The zero-order valence-electron chi connectivity index (χ0n) is 12.2. The molecule has 0 bridgehead atoms. The number of nitriles is 1. The highest BCUT2D eigenvalue weighted by Gasteiger charge is 2.31. The number of hydrogen-bond donors (Lipinski definition) is 1. The maximum absolute atomic E-state index is 13.7. The van der Waals surface area contributed by atoms with Gasteiger partial charge < -0.3 is 10.2 Å². The predicted molar refractivity (Wildman–Crippen MR) is 73.5 cm³/mol. The van der Waals surface area contributed by atoms with Crippen molar-refractivity contribution >= 4 is 6.03 Å². The van der Waals surface area contributed by atoms with Crippen molar-refractivity contribution < 1.29 is 22.4 Å². The summed E-state index contributed by atoms with van der Waals surface area (Å²) < 4.78 is 51.1. The molecule has 1 aromatic carbocycles. The molecule has 2 rings (SSSR count). The summed E-state index contributed by atoms with van der Waals surface area (Å²) in [5, 5.41) is 11.3. The lowest BCUT2D eigenvalue weighted by atomic mass is 10.0. The van der Waals surface area contributed by atoms with Crippen LogP contribution in [0.1, 0.15) is 24.0 Å². The van der Waals surface area contributed by atoms with Gasteiger partial charge in [-0.1, -0.05) is 6.07 Å². The second-order valence-electron chi connectivity index (χ2n) is 5.38. The summed E-state index contributed by atoms with van der Waals surface area (Å²) in [5.41, 5.74) is -1.10. The van der Waals surface area contributed by atoms with Crippen molar-refractivity contribution in [2.75, 3.05) is 13.1 Å². The lowest BCUT2D eigenvalue weighted by Crippen LogP contribution is -2.45. The van der Waals surface area contributed by atoms with Gasteiger partial charge in [-0.15, -0.1) is 0 Å². The standard InChI is InChI=1S/C15H15F4N3O/c16-13-6-12(15(17,18)19)4-3-11(13)8-21-14(23)22-5-1-2-10(7-20)9-22/h3-4,6,10H,1-2,5,8-9H2,(H,21,23). The Morgan fingerprint density at radius 2 is 2.17 bits per heavy atom. The van der Waals surface area contributed by atoms with Gasteiger partial charge in [-0.05, 0) is 25.0 Å². The van der Waals surface area contributed by atoms with Crippen molar-refractivity contribution in [1.82, 2.24) is 10.2 Å². The Bertz CT molecular complexity index is 624. The number of likely N-dealkylation sites (tertiary alicyclic amines) is 1. The van der Waals surface area contributed by atoms with E-state index in [0.29, 0.717) is 25.6 Å². The van der Waals surface area contributed by atoms with E-state index in [4.69, 9.17) is 5.26 Å². The van der Waals surface area contributed by atoms with Gasteiger partial charge in [0.25, 0.3) is 0 Å². The number of carbonyl (C=O) groups excluding carboxylic acids is 1. The number of benzene rings is 1. The van der Waals surface area contributed by atoms with Crippen molar-refractivity contribution in [3.8, 4) is 6.07 Å². The molecule has 23 heavy (non-hydrogen) atoms. The number of amides is 2. The Morgan fingerprint density at radius 1 is 1.43 bits per heavy atom. The molecule has 1 atom stereocenters. The number of hydrogen-bond acceptors (Lipinski definition) is 2. The molecular formula is C15H15F4N3O. The molecule has 1 unspecified atom stereocenters. The van der Waals surface area contributed by atoms with Gasteiger partial charge in [0.2, 0.25) is 0 Å². The summed E-state index contributed by atoms with van der Waals surface area (Å²) in [5.74, 6) is -1.24. The van der Waals surface area contributed by atoms with Gasteiger partial charge in [-0.2, -0.15) is 18.4 Å². The van der Waals surface area contributed by atoms with Crippen LogP contribution in [0.25, 0.3) is 0 Å². The Balaban J connectivity index is 1.95. The van der Waals surface area contributed by atoms with Crippen LogP contribution in [0.15, 0.2) is 18.2 Å². The average molecular weight is 329 g/mol. The fourth-order valence-corrected chi connectivity index (χ4v) is 2.42. The number of piperidine rings is 1. The van der Waals surface area contributed by atoms with E-state index in [-0.39, 0.29) is 18.0 Å². The fourth-order valence-electron chi connectivity index (χ4n) is 2.42. The van der Waals surface area contributed by atoms with Gasteiger partial charge >= 0.3 is 12.2 Å². The van der Waals surface area contributed by atoms with E-state index in [1.165, 1.54) is 4.90 Å². The van der Waals surface area contributed by atoms with Crippen LogP contribution >= 0.6 is 0 Å². The molecule has 2 amide bonds. The van der Waals surface area contributed by atoms with Crippen molar-refractivity contribution in [2.45, 2.75) is 25.6 Å². The quantitative estimate of drug-likeness (QED) is 0.847. The minimum Gasteiger partial charge on any atom is -0.334 e. The zero-order valence-corrected chi connectivity index (χ0v) is 12.2. The summed E-state index contributed by atoms with van der Waals surface area (Å²) >= 11 is 0. The van der Waals surface area contributed by atoms with Crippen LogP contribution in [0.4, 0.5) is 22.4 Å². The van der Waals surface area contributed by atoms with Gasteiger partial charge in [-0.3, -0.25) is 0 Å². The highest BCUT2D eigenvalue weighted by Crippen LogP contribution is 2.30. The topological polar surface area (TPSA) is 56.1 Å². The van der Waals surface area contributed by atoms with Crippen LogP contribution < -0.4 is 5.32 Å². The van der Waals surface area contributed by atoms with Crippen molar-refractivity contribution in [3.63, 3.8) is 0 Å². The molecule has 1 aliphatic rings. The number of carbonyl (C=O) groups is 1. The Morgan fingerprint density at radius 3 is 2.78 bits per heavy atom. The monoisotopic (exact) mass is 329 g/mol. The van der Waals surface area contributed by atoms with E-state index in [1.54, 1.807) is 0 Å². The van der Waals surface area contributed by atoms with E-state index in [1.807, 2.05) is 0 Å². The molecule has 0 aromatic heterocycles. The maximum atomic E-state index is 13.7. The first-order valence-corrected chi connectivity index (χ1v) is 7.09. The highest BCUT2D eigenvalue weighted by molar-refractivity contribution is 5.74. The van der Waals surface area contributed by atoms with Gasteiger partial charge in [0.15, 0.2) is 0 Å². The lowest BCUT2D eigenvalue weighted by molar-refractivity contribution is -0.137. The van der Waals surface area contributed by atoms with Crippen LogP contribution in [-0.4, -0.2) is 24.0 Å². The summed E-state index contributed by atoms with van der Waals surface area (Å²) in [7, 11) is 0. The van der Waals surface area contributed by atoms with Crippen LogP contribution in [-0.2, 0) is 12.7 Å². The van der Waals surface area contributed by atoms with E-state index in [0.717, 1.165) is 18.6 Å². The summed E-state index contributed by atoms with van der Waals surface area (Å²) in [6.07, 6.45) is -3.17. The molecule has 1 fully saturated rings. The molecule has 1 aromatic rings. The number of nitrogens with zero attached hydrogens (tertiary/aromatic N) is 2. The Hall–Kier alpha value is -2.30. The van der Waals surface area contributed by atoms with Crippen molar-refractivity contribution in [3.05, 3.63) is 35.1 Å². The van der Waals surface area contributed by atoms with E-state index < -0.39 is 23.6 Å². The number of nitrogens with one attached hydrogen (secondary N) is 1. The highest BCUT2D eigenvalue weighted by atomic mass is 19.4. The maximum Gasteiger partial charge on any atom is 0.416 e. The minimum atomic E-state index is -4.61. The second-order valence-corrected chi connectivity index (χ2v) is 5.38. The summed E-state index contributed by atoms with van der Waals surface area (Å²) in [6, 6.07) is 3.84. The lowest BCUT2D eigenvalue weighted by Gasteiger charge is -2.29. The molecule has 4 nitrogen and oxygen atoms in total. The first-order valence-electron chi connectivity index (χ1n) is 7.09. The van der Waals surface area contributed by atoms with Crippen molar-refractivity contribution in [1.29, 1.82) is 5.26 Å². The minimum absolute atomic E-state index is 0.0276. The average Bonchev–Trinajstić information content (AvgIpc) is 2.52. The Kier molecular flexibility index (Phi) is 5.08. The zero-order chi connectivity index (χ0) is 17.0. The summed E-state index contributed by atoms with van der Waals surface area (Å²) in [6.45, 7) is 0.591. The van der Waals surface area contributed by atoms with Gasteiger partial charge in [-0.25, -0.2) is 9.18 Å². The molecular weight excluding hydrogens is 314 g/mol. The number of alkyl halides is 3. The molecule has 0 saturated carbocycles. The number of rotatable bonds is 2. The third-order valence-electron chi connectivity index (χ3n) is 3.70. The van der Waals surface area contributed by atoms with Crippen LogP contribution in [0, 0.1) is 23.1 Å². The molecule has 0 aliphatic carbocycles. The Labute approximate surface area is 130 Å².